The van der Waals surface area contributed by atoms with E-state index < -0.39 is 11.7 Å². The van der Waals surface area contributed by atoms with Gasteiger partial charge < -0.3 is 0 Å². The molecule has 4 nitrogen and oxygen atoms in total. The molecule has 8 heteroatoms. The van der Waals surface area contributed by atoms with Crippen LogP contribution in [0, 0.1) is 0 Å². The van der Waals surface area contributed by atoms with Gasteiger partial charge in [-0.25, -0.2) is 10.5 Å². The van der Waals surface area contributed by atoms with Gasteiger partial charge in [0.25, 0.3) is 0 Å². The summed E-state index contributed by atoms with van der Waals surface area (Å²) in [4.78, 5) is 20.0. The number of carbonyl (C=O) groups is 1. The number of hydroxylamine groups is 1. The zero-order valence-corrected chi connectivity index (χ0v) is 11.7. The van der Waals surface area contributed by atoms with Crippen molar-refractivity contribution >= 4 is 17.2 Å². The Morgan fingerprint density at radius 2 is 2.19 bits per heavy atom. The fourth-order valence-electron chi connectivity index (χ4n) is 1.66. The molecule has 0 saturated carbocycles. The van der Waals surface area contributed by atoms with Crippen molar-refractivity contribution in [3.63, 3.8) is 0 Å². The molecule has 21 heavy (non-hydrogen) atoms. The Kier molecular flexibility index (Phi) is 4.59. The average molecular weight is 316 g/mol. The second kappa shape index (κ2) is 6.23. The first-order chi connectivity index (χ1) is 9.90. The number of hydrogen-bond donors (Lipinski definition) is 1. The Labute approximate surface area is 122 Å². The summed E-state index contributed by atoms with van der Waals surface area (Å²) >= 11 is 1.18. The van der Waals surface area contributed by atoms with Gasteiger partial charge in [-0.1, -0.05) is 12.1 Å². The number of halogens is 3. The molecule has 0 aliphatic heterocycles. The van der Waals surface area contributed by atoms with E-state index in [1.165, 1.54) is 24.5 Å². The van der Waals surface area contributed by atoms with Crippen molar-refractivity contribution in [2.75, 3.05) is 7.11 Å². The fraction of sp³-hybridized carbons (Fsp3) is 0.231. The third kappa shape index (κ3) is 4.02. The highest BCUT2D eigenvalue weighted by Gasteiger charge is 2.30. The van der Waals surface area contributed by atoms with Crippen molar-refractivity contribution in [1.82, 2.24) is 10.5 Å². The number of amides is 1. The molecule has 0 aliphatic carbocycles. The van der Waals surface area contributed by atoms with Gasteiger partial charge in [-0.05, 0) is 12.1 Å². The zero-order valence-electron chi connectivity index (χ0n) is 10.9. The quantitative estimate of drug-likeness (QED) is 0.882. The van der Waals surface area contributed by atoms with E-state index >= 15 is 0 Å². The SMILES string of the molecule is CONC(=O)Cc1csc(-c2cccc(C(F)(F)F)c2)n1. The molecule has 1 N–H and O–H groups in total. The number of nitrogens with zero attached hydrogens (tertiary/aromatic N) is 1. The Balaban J connectivity index is 2.20. The molecule has 0 fully saturated rings. The Morgan fingerprint density at radius 3 is 2.86 bits per heavy atom. The minimum absolute atomic E-state index is 0.00328. The highest BCUT2D eigenvalue weighted by atomic mass is 32.1. The predicted molar refractivity (Wildman–Crippen MR) is 71.4 cm³/mol. The van der Waals surface area contributed by atoms with Crippen molar-refractivity contribution in [2.45, 2.75) is 12.6 Å². The van der Waals surface area contributed by atoms with Gasteiger partial charge in [-0.2, -0.15) is 13.2 Å². The molecule has 1 amide bonds. The summed E-state index contributed by atoms with van der Waals surface area (Å²) in [7, 11) is 1.31. The maximum Gasteiger partial charge on any atom is 0.416 e. The van der Waals surface area contributed by atoms with Crippen LogP contribution in [0.4, 0.5) is 13.2 Å². The van der Waals surface area contributed by atoms with E-state index in [0.29, 0.717) is 16.3 Å². The molecular formula is C13H11F3N2O2S. The molecule has 0 radical (unpaired) electrons. The van der Waals surface area contributed by atoms with Crippen LogP contribution >= 0.6 is 11.3 Å². The van der Waals surface area contributed by atoms with Gasteiger partial charge in [0, 0.05) is 10.9 Å². The van der Waals surface area contributed by atoms with E-state index in [0.717, 1.165) is 12.1 Å². The first kappa shape index (κ1) is 15.5. The fourth-order valence-corrected chi connectivity index (χ4v) is 2.48. The maximum atomic E-state index is 12.7. The Hall–Kier alpha value is -1.93. The lowest BCUT2D eigenvalue weighted by atomic mass is 10.1. The van der Waals surface area contributed by atoms with Crippen LogP contribution in [0.1, 0.15) is 11.3 Å². The largest absolute Gasteiger partial charge is 0.416 e. The number of aromatic nitrogens is 1. The molecule has 0 saturated heterocycles. The summed E-state index contributed by atoms with van der Waals surface area (Å²) in [6, 6.07) is 4.92. The van der Waals surface area contributed by atoms with E-state index in [4.69, 9.17) is 0 Å². The third-order valence-corrected chi connectivity index (χ3v) is 3.49. The van der Waals surface area contributed by atoms with Crippen LogP contribution in [0.15, 0.2) is 29.6 Å². The lowest BCUT2D eigenvalue weighted by Gasteiger charge is -2.07. The number of thiazole rings is 1. The van der Waals surface area contributed by atoms with Gasteiger partial charge in [0.2, 0.25) is 5.91 Å². The lowest BCUT2D eigenvalue weighted by molar-refractivity contribution is -0.137. The van der Waals surface area contributed by atoms with Crippen molar-refractivity contribution in [3.05, 3.63) is 40.9 Å². The molecular weight excluding hydrogens is 305 g/mol. The van der Waals surface area contributed by atoms with Crippen LogP contribution in [0.2, 0.25) is 0 Å². The smallest absolute Gasteiger partial charge is 0.277 e. The molecule has 0 atom stereocenters. The Bertz CT molecular complexity index is 640. The molecule has 1 heterocycles. The van der Waals surface area contributed by atoms with Crippen LogP contribution in [0.3, 0.4) is 0 Å². The standard InChI is InChI=1S/C13H11F3N2O2S/c1-20-18-11(19)6-10-7-21-12(17-10)8-3-2-4-9(5-8)13(14,15)16/h2-5,7H,6H2,1H3,(H,18,19). The minimum Gasteiger partial charge on any atom is -0.277 e. The van der Waals surface area contributed by atoms with Crippen LogP contribution in [-0.4, -0.2) is 18.0 Å². The van der Waals surface area contributed by atoms with Gasteiger partial charge in [0.1, 0.15) is 5.01 Å². The summed E-state index contributed by atoms with van der Waals surface area (Å²) in [5.74, 6) is -0.376. The molecule has 0 spiro atoms. The molecule has 1 aromatic heterocycles. The number of carbonyl (C=O) groups excluding carboxylic acids is 1. The topological polar surface area (TPSA) is 51.2 Å². The molecule has 2 rings (SSSR count). The van der Waals surface area contributed by atoms with Gasteiger partial charge >= 0.3 is 6.18 Å². The number of benzene rings is 1. The maximum absolute atomic E-state index is 12.7. The number of hydrogen-bond acceptors (Lipinski definition) is 4. The van der Waals surface area contributed by atoms with Crippen molar-refractivity contribution in [2.24, 2.45) is 0 Å². The van der Waals surface area contributed by atoms with E-state index in [1.54, 1.807) is 11.4 Å². The van der Waals surface area contributed by atoms with Crippen molar-refractivity contribution in [3.8, 4) is 10.6 Å². The van der Waals surface area contributed by atoms with Crippen LogP contribution in [-0.2, 0) is 22.2 Å². The number of alkyl halides is 3. The third-order valence-electron chi connectivity index (χ3n) is 2.55. The summed E-state index contributed by atoms with van der Waals surface area (Å²) < 4.78 is 38.0. The monoisotopic (exact) mass is 316 g/mol. The molecule has 0 bridgehead atoms. The first-order valence-corrected chi connectivity index (χ1v) is 6.72. The van der Waals surface area contributed by atoms with E-state index in [1.807, 2.05) is 0 Å². The predicted octanol–water partition coefficient (Wildman–Crippen LogP) is 3.05. The second-order valence-corrected chi connectivity index (χ2v) is 4.99. The van der Waals surface area contributed by atoms with Crippen LogP contribution in [0.25, 0.3) is 10.6 Å². The van der Waals surface area contributed by atoms with E-state index in [-0.39, 0.29) is 12.3 Å². The van der Waals surface area contributed by atoms with Gasteiger partial charge in [-0.3, -0.25) is 9.63 Å². The first-order valence-electron chi connectivity index (χ1n) is 5.84. The van der Waals surface area contributed by atoms with Gasteiger partial charge in [-0.15, -0.1) is 11.3 Å². The summed E-state index contributed by atoms with van der Waals surface area (Å²) in [5, 5.41) is 2.06. The second-order valence-electron chi connectivity index (χ2n) is 4.13. The molecule has 2 aromatic rings. The van der Waals surface area contributed by atoms with Crippen LogP contribution < -0.4 is 5.48 Å². The van der Waals surface area contributed by atoms with Crippen LogP contribution in [0.5, 0.6) is 0 Å². The molecule has 112 valence electrons. The normalized spacial score (nSPS) is 11.4. The number of rotatable bonds is 4. The number of nitrogens with one attached hydrogen (secondary N) is 1. The highest BCUT2D eigenvalue weighted by Crippen LogP contribution is 2.33. The van der Waals surface area contributed by atoms with Gasteiger partial charge in [0.15, 0.2) is 0 Å². The van der Waals surface area contributed by atoms with E-state index in [9.17, 15) is 18.0 Å². The highest BCUT2D eigenvalue weighted by molar-refractivity contribution is 7.13. The summed E-state index contributed by atoms with van der Waals surface area (Å²) in [5.41, 5.74) is 2.26. The Morgan fingerprint density at radius 1 is 1.43 bits per heavy atom. The van der Waals surface area contributed by atoms with Crippen molar-refractivity contribution in [1.29, 1.82) is 0 Å². The molecule has 1 aromatic carbocycles. The zero-order chi connectivity index (χ0) is 15.5. The summed E-state index contributed by atoms with van der Waals surface area (Å²) in [6.07, 6.45) is -4.39. The molecule has 0 unspecified atom stereocenters. The lowest BCUT2D eigenvalue weighted by Crippen LogP contribution is -2.23. The van der Waals surface area contributed by atoms with Crippen molar-refractivity contribution < 1.29 is 22.8 Å². The average Bonchev–Trinajstić information content (AvgIpc) is 2.86. The van der Waals surface area contributed by atoms with E-state index in [2.05, 4.69) is 15.3 Å². The minimum atomic E-state index is -4.39. The van der Waals surface area contributed by atoms with Gasteiger partial charge in [0.05, 0.1) is 24.8 Å². The summed E-state index contributed by atoms with van der Waals surface area (Å²) in [6.45, 7) is 0. The molecule has 0 aliphatic rings.